The Labute approximate surface area is 240 Å². The summed E-state index contributed by atoms with van der Waals surface area (Å²) in [6.07, 6.45) is 7.67. The van der Waals surface area contributed by atoms with Crippen LogP contribution in [0.3, 0.4) is 0 Å². The van der Waals surface area contributed by atoms with Gasteiger partial charge in [0.05, 0.1) is 28.6 Å². The predicted molar refractivity (Wildman–Crippen MR) is 159 cm³/mol. The first-order chi connectivity index (χ1) is 20.0. The lowest BCUT2D eigenvalue weighted by Crippen LogP contribution is -2.32. The van der Waals surface area contributed by atoms with Crippen LogP contribution in [0, 0.1) is 11.8 Å². The summed E-state index contributed by atoms with van der Waals surface area (Å²) < 4.78 is 30.4. The molecule has 3 N–H and O–H groups in total. The number of sulfonamides is 1. The van der Waals surface area contributed by atoms with E-state index in [4.69, 9.17) is 5.73 Å². The predicted octanol–water partition coefficient (Wildman–Crippen LogP) is 1.57. The van der Waals surface area contributed by atoms with Gasteiger partial charge in [-0.05, 0) is 30.5 Å². The third-order valence-corrected chi connectivity index (χ3v) is 7.97. The molecule has 0 radical (unpaired) electrons. The maximum absolute atomic E-state index is 14.0. The van der Waals surface area contributed by atoms with Crippen molar-refractivity contribution in [3.8, 4) is 11.8 Å². The van der Waals surface area contributed by atoms with E-state index in [2.05, 4.69) is 32.3 Å². The number of pyridine rings is 1. The van der Waals surface area contributed by atoms with Gasteiger partial charge < -0.3 is 11.1 Å². The van der Waals surface area contributed by atoms with Crippen LogP contribution in [-0.2, 0) is 17.1 Å². The molecule has 5 aromatic rings. The third-order valence-electron chi connectivity index (χ3n) is 6.49. The SMILES string of the molecule is CC(NC(=O)c1c(N)nn2cccnc12)c1cc2cccc(C#Cc3cnn(C)c3)c2c(=O)n1C=CS(=O)(=O)N(C)C. The van der Waals surface area contributed by atoms with Crippen LogP contribution in [0.5, 0.6) is 0 Å². The van der Waals surface area contributed by atoms with Crippen molar-refractivity contribution in [3.05, 3.63) is 93.3 Å². The van der Waals surface area contributed by atoms with Crippen molar-refractivity contribution in [1.82, 2.24) is 38.6 Å². The van der Waals surface area contributed by atoms with Crippen LogP contribution in [0.4, 0.5) is 5.82 Å². The third kappa shape index (κ3) is 5.38. The van der Waals surface area contributed by atoms with E-state index in [0.29, 0.717) is 27.6 Å². The molecule has 4 heterocycles. The number of benzene rings is 1. The van der Waals surface area contributed by atoms with Gasteiger partial charge in [0.2, 0.25) is 10.0 Å². The minimum Gasteiger partial charge on any atom is -0.381 e. The van der Waals surface area contributed by atoms with Crippen molar-refractivity contribution in [1.29, 1.82) is 0 Å². The Balaban J connectivity index is 1.63. The molecule has 0 bridgehead atoms. The molecule has 4 aromatic heterocycles. The van der Waals surface area contributed by atoms with E-state index in [-0.39, 0.29) is 17.0 Å². The molecule has 1 unspecified atom stereocenters. The number of nitrogens with two attached hydrogens (primary N) is 1. The highest BCUT2D eigenvalue weighted by Gasteiger charge is 2.23. The first-order valence-corrected chi connectivity index (χ1v) is 14.2. The number of hydrogen-bond donors (Lipinski definition) is 2. The second-order valence-electron chi connectivity index (χ2n) is 9.62. The lowest BCUT2D eigenvalue weighted by atomic mass is 10.0. The molecular weight excluding hydrogens is 558 g/mol. The highest BCUT2D eigenvalue weighted by Crippen LogP contribution is 2.23. The zero-order valence-electron chi connectivity index (χ0n) is 23.2. The van der Waals surface area contributed by atoms with Crippen molar-refractivity contribution in [2.45, 2.75) is 13.0 Å². The highest BCUT2D eigenvalue weighted by atomic mass is 32.2. The van der Waals surface area contributed by atoms with Gasteiger partial charge in [0, 0.05) is 57.2 Å². The fraction of sp³-hybridized carbons (Fsp3) is 0.179. The van der Waals surface area contributed by atoms with Gasteiger partial charge in [-0.3, -0.25) is 18.8 Å². The Bertz CT molecular complexity index is 2110. The van der Waals surface area contributed by atoms with Crippen LogP contribution in [0.1, 0.15) is 40.1 Å². The Hall–Kier alpha value is -5.26. The van der Waals surface area contributed by atoms with Crippen LogP contribution < -0.4 is 16.6 Å². The molecule has 214 valence electrons. The summed E-state index contributed by atoms with van der Waals surface area (Å²) in [6.45, 7) is 1.67. The fourth-order valence-corrected chi connectivity index (χ4v) is 4.86. The molecule has 0 saturated carbocycles. The molecular formula is C28H27N9O4S. The molecule has 0 aliphatic carbocycles. The number of nitrogens with zero attached hydrogens (tertiary/aromatic N) is 7. The Morgan fingerprint density at radius 3 is 2.71 bits per heavy atom. The smallest absolute Gasteiger partial charge is 0.264 e. The number of hydrogen-bond acceptors (Lipinski definition) is 8. The van der Waals surface area contributed by atoms with Gasteiger partial charge in [-0.25, -0.2) is 22.2 Å². The van der Waals surface area contributed by atoms with Crippen LogP contribution in [0.2, 0.25) is 0 Å². The number of carbonyl (C=O) groups excluding carboxylic acids is 1. The standard InChI is InChI=1S/C28H27N9O4S/c1-18(32-27(38)24-25(29)33-37-12-6-11-30-26(24)37)22-15-21-8-5-7-20(10-9-19-16-31-35(4)17-19)23(21)28(39)36(22)13-14-42(40,41)34(2)3/h5-8,11-18H,1-4H3,(H2,29,33)(H,32,38). The summed E-state index contributed by atoms with van der Waals surface area (Å²) in [7, 11) is 0.722. The number of anilines is 1. The maximum atomic E-state index is 14.0. The van der Waals surface area contributed by atoms with E-state index in [1.807, 2.05) is 0 Å². The second kappa shape index (κ2) is 11.0. The Kier molecular flexibility index (Phi) is 7.38. The monoisotopic (exact) mass is 585 g/mol. The van der Waals surface area contributed by atoms with Gasteiger partial charge in [0.1, 0.15) is 5.56 Å². The number of nitrogen functional groups attached to an aromatic ring is 1. The first kappa shape index (κ1) is 28.3. The van der Waals surface area contributed by atoms with Gasteiger partial charge in [-0.2, -0.15) is 5.10 Å². The van der Waals surface area contributed by atoms with Crippen LogP contribution in [-0.4, -0.2) is 61.7 Å². The number of aromatic nitrogens is 6. The van der Waals surface area contributed by atoms with E-state index in [9.17, 15) is 18.0 Å². The quantitative estimate of drug-likeness (QED) is 0.284. The van der Waals surface area contributed by atoms with Crippen molar-refractivity contribution >= 4 is 44.4 Å². The molecule has 0 aliphatic heterocycles. The lowest BCUT2D eigenvalue weighted by Gasteiger charge is -2.19. The average molecular weight is 586 g/mol. The Morgan fingerprint density at radius 2 is 2.00 bits per heavy atom. The minimum atomic E-state index is -3.82. The summed E-state index contributed by atoms with van der Waals surface area (Å²) in [5.41, 5.74) is 7.30. The molecule has 42 heavy (non-hydrogen) atoms. The van der Waals surface area contributed by atoms with Crippen molar-refractivity contribution < 1.29 is 13.2 Å². The molecule has 13 nitrogen and oxygen atoms in total. The fourth-order valence-electron chi connectivity index (χ4n) is 4.34. The number of nitrogens with one attached hydrogen (secondary N) is 1. The second-order valence-corrected chi connectivity index (χ2v) is 11.7. The zero-order valence-corrected chi connectivity index (χ0v) is 24.0. The number of carbonyl (C=O) groups is 1. The van der Waals surface area contributed by atoms with Gasteiger partial charge >= 0.3 is 0 Å². The highest BCUT2D eigenvalue weighted by molar-refractivity contribution is 7.92. The molecule has 1 atom stereocenters. The first-order valence-electron chi connectivity index (χ1n) is 12.7. The van der Waals surface area contributed by atoms with Crippen LogP contribution >= 0.6 is 0 Å². The van der Waals surface area contributed by atoms with Crippen molar-refractivity contribution in [2.75, 3.05) is 19.8 Å². The van der Waals surface area contributed by atoms with Crippen molar-refractivity contribution in [2.24, 2.45) is 7.05 Å². The summed E-state index contributed by atoms with van der Waals surface area (Å²) in [5, 5.41) is 12.9. The van der Waals surface area contributed by atoms with Crippen LogP contribution in [0.15, 0.2) is 65.3 Å². The van der Waals surface area contributed by atoms with E-state index in [1.54, 1.807) is 67.6 Å². The molecule has 1 aromatic carbocycles. The largest absolute Gasteiger partial charge is 0.381 e. The van der Waals surface area contributed by atoms with Gasteiger partial charge in [-0.1, -0.05) is 24.0 Å². The minimum absolute atomic E-state index is 0.0110. The van der Waals surface area contributed by atoms with E-state index >= 15 is 0 Å². The van der Waals surface area contributed by atoms with E-state index in [0.717, 1.165) is 9.71 Å². The number of amides is 1. The molecule has 0 fully saturated rings. The molecule has 1 amide bonds. The number of aryl methyl sites for hydroxylation is 1. The topological polar surface area (TPSA) is 163 Å². The van der Waals surface area contributed by atoms with Crippen LogP contribution in [0.25, 0.3) is 22.6 Å². The number of fused-ring (bicyclic) bond motifs is 2. The van der Waals surface area contributed by atoms with Crippen molar-refractivity contribution in [3.63, 3.8) is 0 Å². The van der Waals surface area contributed by atoms with Gasteiger partial charge in [0.25, 0.3) is 11.5 Å². The maximum Gasteiger partial charge on any atom is 0.264 e. The summed E-state index contributed by atoms with van der Waals surface area (Å²) in [4.78, 5) is 31.5. The molecule has 5 rings (SSSR count). The zero-order chi connectivity index (χ0) is 30.2. The summed E-state index contributed by atoms with van der Waals surface area (Å²) in [5.74, 6) is 5.47. The Morgan fingerprint density at radius 1 is 1.21 bits per heavy atom. The van der Waals surface area contributed by atoms with E-state index in [1.165, 1.54) is 35.6 Å². The molecule has 0 spiro atoms. The number of rotatable bonds is 6. The molecule has 14 heteroatoms. The lowest BCUT2D eigenvalue weighted by molar-refractivity contribution is 0.0941. The normalized spacial score (nSPS) is 12.6. The van der Waals surface area contributed by atoms with E-state index < -0.39 is 27.5 Å². The molecule has 0 aliphatic rings. The molecule has 0 saturated heterocycles. The summed E-state index contributed by atoms with van der Waals surface area (Å²) >= 11 is 0. The summed E-state index contributed by atoms with van der Waals surface area (Å²) in [6, 6.07) is 7.82. The van der Waals surface area contributed by atoms with Gasteiger partial charge in [-0.15, -0.1) is 5.10 Å². The average Bonchev–Trinajstić information content (AvgIpc) is 3.52. The van der Waals surface area contributed by atoms with Gasteiger partial charge in [0.15, 0.2) is 11.5 Å².